The zero-order valence-electron chi connectivity index (χ0n) is 17.4. The van der Waals surface area contributed by atoms with Crippen LogP contribution in [0.5, 0.6) is 5.75 Å². The Balaban J connectivity index is 1.43. The number of rotatable bonds is 7. The zero-order chi connectivity index (χ0) is 22.1. The van der Waals surface area contributed by atoms with E-state index in [0.717, 1.165) is 28.1 Å². The number of hydrazone groups is 1. The second kappa shape index (κ2) is 10.6. The van der Waals surface area contributed by atoms with Gasteiger partial charge in [0.1, 0.15) is 5.75 Å². The van der Waals surface area contributed by atoms with E-state index < -0.39 is 6.03 Å². The maximum absolute atomic E-state index is 12.0. The van der Waals surface area contributed by atoms with Gasteiger partial charge in [0.05, 0.1) is 6.21 Å². The van der Waals surface area contributed by atoms with Crippen molar-refractivity contribution >= 4 is 29.5 Å². The lowest BCUT2D eigenvalue weighted by atomic mass is 10.2. The first-order valence-corrected chi connectivity index (χ1v) is 9.75. The lowest BCUT2D eigenvalue weighted by Crippen LogP contribution is -2.24. The summed E-state index contributed by atoms with van der Waals surface area (Å²) in [6.07, 6.45) is 1.52. The lowest BCUT2D eigenvalue weighted by molar-refractivity contribution is -0.118. The third-order valence-corrected chi connectivity index (χ3v) is 4.36. The average Bonchev–Trinajstić information content (AvgIpc) is 2.76. The predicted octanol–water partition coefficient (Wildman–Crippen LogP) is 4.48. The third kappa shape index (κ3) is 7.01. The fraction of sp³-hybridized carbons (Fsp3) is 0.125. The highest BCUT2D eigenvalue weighted by atomic mass is 16.5. The number of amides is 3. The van der Waals surface area contributed by atoms with Gasteiger partial charge in [-0.2, -0.15) is 5.10 Å². The summed E-state index contributed by atoms with van der Waals surface area (Å²) in [6, 6.07) is 21.6. The van der Waals surface area contributed by atoms with Gasteiger partial charge in [-0.05, 0) is 67.4 Å². The molecule has 0 aromatic heterocycles. The van der Waals surface area contributed by atoms with E-state index in [2.05, 4.69) is 21.2 Å². The Hall–Kier alpha value is -4.13. The molecule has 0 heterocycles. The highest BCUT2D eigenvalue weighted by molar-refractivity contribution is 5.92. The van der Waals surface area contributed by atoms with Crippen LogP contribution in [0.15, 0.2) is 77.9 Å². The van der Waals surface area contributed by atoms with Crippen LogP contribution in [-0.2, 0) is 4.79 Å². The van der Waals surface area contributed by atoms with Crippen LogP contribution in [0.25, 0.3) is 0 Å². The first-order valence-electron chi connectivity index (χ1n) is 9.75. The van der Waals surface area contributed by atoms with Crippen molar-refractivity contribution in [3.05, 3.63) is 89.5 Å². The number of anilines is 2. The van der Waals surface area contributed by atoms with Crippen molar-refractivity contribution in [2.75, 3.05) is 17.2 Å². The molecule has 31 heavy (non-hydrogen) atoms. The predicted molar refractivity (Wildman–Crippen MR) is 123 cm³/mol. The number of nitrogens with one attached hydrogen (secondary N) is 3. The SMILES string of the molecule is Cc1ccc(NC(=O)COc2ccc(C=NNC(=O)Nc3ccccc3C)cc2)cc1. The maximum Gasteiger partial charge on any atom is 0.339 e. The number of carbonyl (C=O) groups is 2. The number of nitrogens with zero attached hydrogens (tertiary/aromatic N) is 1. The summed E-state index contributed by atoms with van der Waals surface area (Å²) in [5.74, 6) is 0.319. The molecule has 3 aromatic carbocycles. The molecule has 0 bridgehead atoms. The van der Waals surface area contributed by atoms with Gasteiger partial charge in [-0.25, -0.2) is 10.2 Å². The molecule has 0 unspecified atom stereocenters. The second-order valence-electron chi connectivity index (χ2n) is 6.91. The monoisotopic (exact) mass is 416 g/mol. The van der Waals surface area contributed by atoms with E-state index in [1.807, 2.05) is 62.4 Å². The van der Waals surface area contributed by atoms with Crippen molar-refractivity contribution in [1.82, 2.24) is 5.43 Å². The van der Waals surface area contributed by atoms with Gasteiger partial charge in [-0.15, -0.1) is 0 Å². The summed E-state index contributed by atoms with van der Waals surface area (Å²) in [6.45, 7) is 3.80. The molecule has 7 heteroatoms. The van der Waals surface area contributed by atoms with Gasteiger partial charge in [0.2, 0.25) is 0 Å². The van der Waals surface area contributed by atoms with E-state index in [1.165, 1.54) is 6.21 Å². The van der Waals surface area contributed by atoms with Crippen LogP contribution in [0.2, 0.25) is 0 Å². The number of carbonyl (C=O) groups excluding carboxylic acids is 2. The van der Waals surface area contributed by atoms with Gasteiger partial charge in [-0.3, -0.25) is 4.79 Å². The smallest absolute Gasteiger partial charge is 0.339 e. The molecule has 7 nitrogen and oxygen atoms in total. The number of urea groups is 1. The van der Waals surface area contributed by atoms with Crippen LogP contribution in [0.4, 0.5) is 16.2 Å². The Morgan fingerprint density at radius 3 is 2.32 bits per heavy atom. The van der Waals surface area contributed by atoms with E-state index in [4.69, 9.17) is 4.74 Å². The fourth-order valence-electron chi connectivity index (χ4n) is 2.66. The second-order valence-corrected chi connectivity index (χ2v) is 6.91. The van der Waals surface area contributed by atoms with Crippen molar-refractivity contribution in [2.45, 2.75) is 13.8 Å². The van der Waals surface area contributed by atoms with E-state index in [1.54, 1.807) is 24.3 Å². The summed E-state index contributed by atoms with van der Waals surface area (Å²) < 4.78 is 5.50. The lowest BCUT2D eigenvalue weighted by Gasteiger charge is -2.08. The number of aryl methyl sites for hydroxylation is 2. The number of hydrogen-bond acceptors (Lipinski definition) is 4. The standard InChI is InChI=1S/C24H24N4O3/c1-17-7-11-20(12-8-17)26-23(29)16-31-21-13-9-19(10-14-21)15-25-28-24(30)27-22-6-4-3-5-18(22)2/h3-15H,16H2,1-2H3,(H,26,29)(H2,27,28,30). The summed E-state index contributed by atoms with van der Waals surface area (Å²) >= 11 is 0. The Morgan fingerprint density at radius 1 is 0.903 bits per heavy atom. The van der Waals surface area contributed by atoms with Crippen molar-refractivity contribution in [3.8, 4) is 5.75 Å². The summed E-state index contributed by atoms with van der Waals surface area (Å²) in [7, 11) is 0. The Morgan fingerprint density at radius 2 is 1.61 bits per heavy atom. The molecule has 0 radical (unpaired) electrons. The average molecular weight is 416 g/mol. The van der Waals surface area contributed by atoms with Crippen LogP contribution in [0.3, 0.4) is 0 Å². The molecule has 0 saturated carbocycles. The van der Waals surface area contributed by atoms with Gasteiger partial charge in [-0.1, -0.05) is 35.9 Å². The van der Waals surface area contributed by atoms with Gasteiger partial charge in [0, 0.05) is 11.4 Å². The van der Waals surface area contributed by atoms with Gasteiger partial charge >= 0.3 is 6.03 Å². The molecule has 0 aliphatic carbocycles. The van der Waals surface area contributed by atoms with Gasteiger partial charge < -0.3 is 15.4 Å². The summed E-state index contributed by atoms with van der Waals surface area (Å²) in [5, 5.41) is 9.44. The minimum atomic E-state index is -0.426. The van der Waals surface area contributed by atoms with Crippen molar-refractivity contribution in [2.24, 2.45) is 5.10 Å². The molecule has 0 spiro atoms. The molecule has 0 aliphatic rings. The first-order chi connectivity index (χ1) is 15.0. The van der Waals surface area contributed by atoms with Crippen LogP contribution < -0.4 is 20.8 Å². The molecule has 3 N–H and O–H groups in total. The van der Waals surface area contributed by atoms with Crippen LogP contribution >= 0.6 is 0 Å². The van der Waals surface area contributed by atoms with Crippen molar-refractivity contribution in [3.63, 3.8) is 0 Å². The molecule has 3 aromatic rings. The zero-order valence-corrected chi connectivity index (χ0v) is 17.4. The van der Waals surface area contributed by atoms with Crippen LogP contribution in [-0.4, -0.2) is 24.8 Å². The highest BCUT2D eigenvalue weighted by Crippen LogP contribution is 2.13. The molecule has 0 saturated heterocycles. The van der Waals surface area contributed by atoms with Crippen molar-refractivity contribution in [1.29, 1.82) is 0 Å². The van der Waals surface area contributed by atoms with Crippen molar-refractivity contribution < 1.29 is 14.3 Å². The number of para-hydroxylation sites is 1. The highest BCUT2D eigenvalue weighted by Gasteiger charge is 2.04. The topological polar surface area (TPSA) is 91.8 Å². The molecule has 0 atom stereocenters. The Kier molecular flexibility index (Phi) is 7.37. The first kappa shape index (κ1) is 21.6. The maximum atomic E-state index is 12.0. The fourth-order valence-corrected chi connectivity index (χ4v) is 2.66. The summed E-state index contributed by atoms with van der Waals surface area (Å²) in [5.41, 5.74) is 6.73. The third-order valence-electron chi connectivity index (χ3n) is 4.36. The number of hydrogen-bond donors (Lipinski definition) is 3. The molecule has 3 amide bonds. The van der Waals surface area contributed by atoms with Gasteiger partial charge in [0.15, 0.2) is 6.61 Å². The molecule has 3 rings (SSSR count). The van der Waals surface area contributed by atoms with E-state index >= 15 is 0 Å². The van der Waals surface area contributed by atoms with Gasteiger partial charge in [0.25, 0.3) is 5.91 Å². The van der Waals surface area contributed by atoms with E-state index in [9.17, 15) is 9.59 Å². The van der Waals surface area contributed by atoms with E-state index in [-0.39, 0.29) is 12.5 Å². The molecule has 0 fully saturated rings. The van der Waals surface area contributed by atoms with Crippen LogP contribution in [0, 0.1) is 13.8 Å². The minimum absolute atomic E-state index is 0.0953. The minimum Gasteiger partial charge on any atom is -0.484 e. The van der Waals surface area contributed by atoms with Crippen LogP contribution in [0.1, 0.15) is 16.7 Å². The quantitative estimate of drug-likeness (QED) is 0.392. The number of benzene rings is 3. The largest absolute Gasteiger partial charge is 0.484 e. The molecular formula is C24H24N4O3. The normalized spacial score (nSPS) is 10.5. The van der Waals surface area contributed by atoms with E-state index in [0.29, 0.717) is 5.75 Å². The Labute approximate surface area is 181 Å². The molecule has 158 valence electrons. The summed E-state index contributed by atoms with van der Waals surface area (Å²) in [4.78, 5) is 23.9. The molecule has 0 aliphatic heterocycles. The molecular weight excluding hydrogens is 392 g/mol. The number of ether oxygens (including phenoxy) is 1. The Bertz CT molecular complexity index is 1060.